The molecule has 2 heteroatoms. The van der Waals surface area contributed by atoms with Crippen LogP contribution in [0, 0.1) is 5.41 Å². The summed E-state index contributed by atoms with van der Waals surface area (Å²) in [7, 11) is 0. The van der Waals surface area contributed by atoms with Crippen LogP contribution in [0.4, 0.5) is 0 Å². The van der Waals surface area contributed by atoms with E-state index in [2.05, 4.69) is 52.0 Å². The first-order valence-corrected chi connectivity index (χ1v) is 7.88. The molecule has 1 aliphatic heterocycles. The van der Waals surface area contributed by atoms with Gasteiger partial charge in [-0.15, -0.1) is 0 Å². The van der Waals surface area contributed by atoms with Gasteiger partial charge < -0.3 is 5.11 Å². The molecule has 0 amide bonds. The van der Waals surface area contributed by atoms with Crippen LogP contribution in [0.2, 0.25) is 0 Å². The second-order valence-corrected chi connectivity index (χ2v) is 7.63. The fourth-order valence-corrected chi connectivity index (χ4v) is 4.12. The van der Waals surface area contributed by atoms with E-state index in [9.17, 15) is 5.11 Å². The zero-order valence-corrected chi connectivity index (χ0v) is 12.7. The van der Waals surface area contributed by atoms with Crippen LogP contribution in [0.1, 0.15) is 51.2 Å². The van der Waals surface area contributed by atoms with Crippen LogP contribution < -0.4 is 0 Å². The Labute approximate surface area is 115 Å². The third-order valence-electron chi connectivity index (χ3n) is 3.72. The highest BCUT2D eigenvalue weighted by Crippen LogP contribution is 2.44. The number of aliphatic hydroxyl groups is 1. The van der Waals surface area contributed by atoms with Gasteiger partial charge in [0.25, 0.3) is 0 Å². The average molecular weight is 264 g/mol. The van der Waals surface area contributed by atoms with Gasteiger partial charge >= 0.3 is 0 Å². The number of benzene rings is 1. The third-order valence-corrected chi connectivity index (χ3v) is 5.39. The fraction of sp³-hybridized carbons (Fsp3) is 0.625. The highest BCUT2D eigenvalue weighted by molar-refractivity contribution is 7.99. The van der Waals surface area contributed by atoms with Crippen molar-refractivity contribution in [2.75, 3.05) is 11.5 Å². The maximum absolute atomic E-state index is 10.9. The molecule has 1 N–H and O–H groups in total. The van der Waals surface area contributed by atoms with Gasteiger partial charge in [-0.3, -0.25) is 0 Å². The van der Waals surface area contributed by atoms with Crippen LogP contribution >= 0.6 is 11.8 Å². The molecule has 0 aliphatic carbocycles. The Kier molecular flexibility index (Phi) is 3.80. The number of hydrogen-bond acceptors (Lipinski definition) is 2. The van der Waals surface area contributed by atoms with E-state index in [0.29, 0.717) is 5.92 Å². The monoisotopic (exact) mass is 264 g/mol. The van der Waals surface area contributed by atoms with Crippen molar-refractivity contribution < 1.29 is 5.11 Å². The first-order chi connectivity index (χ1) is 8.32. The van der Waals surface area contributed by atoms with Gasteiger partial charge in [0.2, 0.25) is 0 Å². The van der Waals surface area contributed by atoms with Crippen molar-refractivity contribution in [1.29, 1.82) is 0 Å². The van der Waals surface area contributed by atoms with Crippen molar-refractivity contribution in [2.45, 2.75) is 45.6 Å². The van der Waals surface area contributed by atoms with Crippen LogP contribution in [-0.4, -0.2) is 16.6 Å². The van der Waals surface area contributed by atoms with Crippen molar-refractivity contribution in [1.82, 2.24) is 0 Å². The summed E-state index contributed by atoms with van der Waals surface area (Å²) in [5.74, 6) is 2.50. The number of hydrogen-bond donors (Lipinski definition) is 1. The minimum atomic E-state index is -0.651. The van der Waals surface area contributed by atoms with Gasteiger partial charge in [0.15, 0.2) is 0 Å². The van der Waals surface area contributed by atoms with Gasteiger partial charge in [-0.05, 0) is 34.6 Å². The quantitative estimate of drug-likeness (QED) is 0.865. The molecular formula is C16H24OS. The van der Waals surface area contributed by atoms with Gasteiger partial charge in [-0.2, -0.15) is 11.8 Å². The summed E-state index contributed by atoms with van der Waals surface area (Å²) in [4.78, 5) is 0. The smallest absolute Gasteiger partial charge is 0.0991 e. The van der Waals surface area contributed by atoms with Gasteiger partial charge in [0, 0.05) is 5.75 Å². The number of thioether (sulfide) groups is 1. The molecule has 1 fully saturated rings. The van der Waals surface area contributed by atoms with E-state index in [-0.39, 0.29) is 5.41 Å². The summed E-state index contributed by atoms with van der Waals surface area (Å²) in [5.41, 5.74) is 1.98. The lowest BCUT2D eigenvalue weighted by atomic mass is 9.78. The summed E-state index contributed by atoms with van der Waals surface area (Å²) >= 11 is 1.86. The Balaban J connectivity index is 2.24. The molecule has 1 aromatic rings. The molecule has 1 aliphatic rings. The van der Waals surface area contributed by atoms with Gasteiger partial charge in [0.05, 0.1) is 5.60 Å². The van der Waals surface area contributed by atoms with Crippen LogP contribution in [0.3, 0.4) is 0 Å². The SMILES string of the molecule is CC(C)c1ccc(C2(O)CSCC(C)(C)C2)cc1. The molecule has 0 radical (unpaired) electrons. The molecule has 2 rings (SSSR count). The molecule has 0 bridgehead atoms. The van der Waals surface area contributed by atoms with E-state index in [1.807, 2.05) is 11.8 Å². The maximum Gasteiger partial charge on any atom is 0.0991 e. The minimum Gasteiger partial charge on any atom is -0.384 e. The zero-order valence-electron chi connectivity index (χ0n) is 11.9. The van der Waals surface area contributed by atoms with E-state index in [0.717, 1.165) is 23.5 Å². The lowest BCUT2D eigenvalue weighted by Crippen LogP contribution is -2.40. The lowest BCUT2D eigenvalue weighted by Gasteiger charge is -2.41. The van der Waals surface area contributed by atoms with E-state index in [4.69, 9.17) is 0 Å². The van der Waals surface area contributed by atoms with E-state index >= 15 is 0 Å². The predicted octanol–water partition coefficient (Wildman–Crippen LogP) is 4.16. The maximum atomic E-state index is 10.9. The Bertz CT molecular complexity index is 408. The summed E-state index contributed by atoms with van der Waals surface area (Å²) < 4.78 is 0. The fourth-order valence-electron chi connectivity index (χ4n) is 2.75. The number of rotatable bonds is 2. The first kappa shape index (κ1) is 14.0. The van der Waals surface area contributed by atoms with Gasteiger partial charge in [0.1, 0.15) is 0 Å². The second-order valence-electron chi connectivity index (χ2n) is 6.64. The lowest BCUT2D eigenvalue weighted by molar-refractivity contribution is 0.0156. The van der Waals surface area contributed by atoms with Crippen molar-refractivity contribution in [3.63, 3.8) is 0 Å². The summed E-state index contributed by atoms with van der Waals surface area (Å²) in [6, 6.07) is 8.53. The molecule has 1 nitrogen and oxygen atoms in total. The summed E-state index contributed by atoms with van der Waals surface area (Å²) in [5, 5.41) is 10.9. The molecule has 1 heterocycles. The Morgan fingerprint density at radius 3 is 2.22 bits per heavy atom. The minimum absolute atomic E-state index is 0.217. The first-order valence-electron chi connectivity index (χ1n) is 6.73. The van der Waals surface area contributed by atoms with Crippen LogP contribution in [-0.2, 0) is 5.60 Å². The topological polar surface area (TPSA) is 20.2 Å². The molecule has 0 spiro atoms. The van der Waals surface area contributed by atoms with E-state index in [1.54, 1.807) is 0 Å². The van der Waals surface area contributed by atoms with E-state index in [1.165, 1.54) is 5.56 Å². The molecule has 1 saturated heterocycles. The molecule has 0 saturated carbocycles. The molecule has 1 atom stereocenters. The molecule has 1 aromatic carbocycles. The molecular weight excluding hydrogens is 240 g/mol. The highest BCUT2D eigenvalue weighted by Gasteiger charge is 2.40. The standard InChI is InChI=1S/C16H24OS/c1-12(2)13-5-7-14(8-6-13)16(17)9-15(3,4)10-18-11-16/h5-8,12,17H,9-11H2,1-4H3. The largest absolute Gasteiger partial charge is 0.384 e. The highest BCUT2D eigenvalue weighted by atomic mass is 32.2. The normalized spacial score (nSPS) is 27.4. The van der Waals surface area contributed by atoms with Gasteiger partial charge in [-0.1, -0.05) is 52.0 Å². The zero-order chi connectivity index (χ0) is 13.4. The van der Waals surface area contributed by atoms with E-state index < -0.39 is 5.60 Å². The Morgan fingerprint density at radius 1 is 1.11 bits per heavy atom. The summed E-state index contributed by atoms with van der Waals surface area (Å²) in [6.45, 7) is 8.88. The Morgan fingerprint density at radius 2 is 1.72 bits per heavy atom. The van der Waals surface area contributed by atoms with Crippen LogP contribution in [0.25, 0.3) is 0 Å². The average Bonchev–Trinajstić information content (AvgIpc) is 2.27. The Hall–Kier alpha value is -0.470. The van der Waals surface area contributed by atoms with Crippen LogP contribution in [0.15, 0.2) is 24.3 Å². The third kappa shape index (κ3) is 2.92. The molecule has 100 valence electrons. The van der Waals surface area contributed by atoms with Crippen molar-refractivity contribution >= 4 is 11.8 Å². The van der Waals surface area contributed by atoms with Crippen LogP contribution in [0.5, 0.6) is 0 Å². The van der Waals surface area contributed by atoms with Crippen molar-refractivity contribution in [3.8, 4) is 0 Å². The van der Waals surface area contributed by atoms with Crippen molar-refractivity contribution in [2.24, 2.45) is 5.41 Å². The molecule has 18 heavy (non-hydrogen) atoms. The summed E-state index contributed by atoms with van der Waals surface area (Å²) in [6.07, 6.45) is 0.855. The molecule has 1 unspecified atom stereocenters. The second kappa shape index (κ2) is 4.90. The van der Waals surface area contributed by atoms with Crippen molar-refractivity contribution in [3.05, 3.63) is 35.4 Å². The van der Waals surface area contributed by atoms with Gasteiger partial charge in [-0.25, -0.2) is 0 Å². The molecule has 0 aromatic heterocycles. The predicted molar refractivity (Wildman–Crippen MR) is 80.2 cm³/mol.